The third kappa shape index (κ3) is 4.09. The number of rotatable bonds is 8. The number of benzene rings is 1. The molecule has 120 valence electrons. The Morgan fingerprint density at radius 2 is 1.95 bits per heavy atom. The molecule has 0 aliphatic rings. The van der Waals surface area contributed by atoms with Crippen LogP contribution in [0.15, 0.2) is 23.1 Å². The number of ether oxygens (including phenoxy) is 1. The van der Waals surface area contributed by atoms with Gasteiger partial charge in [0.2, 0.25) is 10.0 Å². The van der Waals surface area contributed by atoms with Crippen LogP contribution in [0.25, 0.3) is 0 Å². The van der Waals surface area contributed by atoms with E-state index in [4.69, 9.17) is 10.5 Å². The van der Waals surface area contributed by atoms with Crippen molar-refractivity contribution in [2.24, 2.45) is 5.41 Å². The fraction of sp³-hybridized carbons (Fsp3) is 0.571. The van der Waals surface area contributed by atoms with Crippen LogP contribution in [0.5, 0.6) is 5.75 Å². The molecule has 0 aliphatic heterocycles. The molecule has 4 N–H and O–H groups in total. The number of anilines is 1. The zero-order valence-corrected chi connectivity index (χ0v) is 13.5. The Balaban J connectivity index is 2.97. The van der Waals surface area contributed by atoms with Crippen molar-refractivity contribution in [2.75, 3.05) is 26.0 Å². The molecule has 1 rings (SSSR count). The Morgan fingerprint density at radius 3 is 2.38 bits per heavy atom. The maximum atomic E-state index is 12.3. The van der Waals surface area contributed by atoms with Crippen molar-refractivity contribution in [3.8, 4) is 5.75 Å². The number of aliphatic hydroxyl groups excluding tert-OH is 1. The second kappa shape index (κ2) is 7.11. The summed E-state index contributed by atoms with van der Waals surface area (Å²) < 4.78 is 32.2. The van der Waals surface area contributed by atoms with Crippen LogP contribution in [0.3, 0.4) is 0 Å². The van der Waals surface area contributed by atoms with Crippen molar-refractivity contribution < 1.29 is 18.3 Å². The number of hydrogen-bond donors (Lipinski definition) is 3. The van der Waals surface area contributed by atoms with Crippen LogP contribution in [0.1, 0.15) is 26.7 Å². The molecule has 0 unspecified atom stereocenters. The molecular weight excluding hydrogens is 292 g/mol. The summed E-state index contributed by atoms with van der Waals surface area (Å²) >= 11 is 0. The largest absolute Gasteiger partial charge is 0.497 e. The first-order valence-corrected chi connectivity index (χ1v) is 8.36. The highest BCUT2D eigenvalue weighted by Gasteiger charge is 2.28. The Labute approximate surface area is 126 Å². The van der Waals surface area contributed by atoms with Crippen LogP contribution < -0.4 is 15.2 Å². The second-order valence-corrected chi connectivity index (χ2v) is 6.83. The summed E-state index contributed by atoms with van der Waals surface area (Å²) in [5, 5.41) is 9.49. The molecule has 0 amide bonds. The topological polar surface area (TPSA) is 102 Å². The van der Waals surface area contributed by atoms with Gasteiger partial charge in [-0.2, -0.15) is 0 Å². The SMILES string of the molecule is CCC(CC)(CO)CNS(=O)(=O)c1ccc(OC)cc1N. The molecule has 0 saturated heterocycles. The number of methoxy groups -OCH3 is 1. The van der Waals surface area contributed by atoms with Crippen LogP contribution in [-0.4, -0.2) is 33.8 Å². The number of sulfonamides is 1. The van der Waals surface area contributed by atoms with E-state index in [0.29, 0.717) is 18.6 Å². The van der Waals surface area contributed by atoms with E-state index in [1.807, 2.05) is 13.8 Å². The maximum Gasteiger partial charge on any atom is 0.242 e. The summed E-state index contributed by atoms with van der Waals surface area (Å²) in [6, 6.07) is 4.42. The highest BCUT2D eigenvalue weighted by molar-refractivity contribution is 7.89. The van der Waals surface area contributed by atoms with Crippen molar-refractivity contribution in [2.45, 2.75) is 31.6 Å². The van der Waals surface area contributed by atoms with Crippen molar-refractivity contribution >= 4 is 15.7 Å². The number of aliphatic hydroxyl groups is 1. The van der Waals surface area contributed by atoms with Gasteiger partial charge in [0.1, 0.15) is 10.6 Å². The third-order valence-electron chi connectivity index (χ3n) is 3.98. The Bertz CT molecular complexity index is 560. The summed E-state index contributed by atoms with van der Waals surface area (Å²) in [7, 11) is -2.24. The third-order valence-corrected chi connectivity index (χ3v) is 5.45. The minimum absolute atomic E-state index is 0.0161. The predicted molar refractivity (Wildman–Crippen MR) is 82.7 cm³/mol. The normalized spacial score (nSPS) is 12.4. The van der Waals surface area contributed by atoms with Gasteiger partial charge in [-0.15, -0.1) is 0 Å². The molecule has 0 atom stereocenters. The number of nitrogens with one attached hydrogen (secondary N) is 1. The van der Waals surface area contributed by atoms with E-state index < -0.39 is 15.4 Å². The van der Waals surface area contributed by atoms with Crippen LogP contribution in [-0.2, 0) is 10.0 Å². The molecule has 21 heavy (non-hydrogen) atoms. The van der Waals surface area contributed by atoms with Gasteiger partial charge in [0.15, 0.2) is 0 Å². The molecule has 0 heterocycles. The van der Waals surface area contributed by atoms with Gasteiger partial charge in [-0.1, -0.05) is 13.8 Å². The van der Waals surface area contributed by atoms with Gasteiger partial charge < -0.3 is 15.6 Å². The van der Waals surface area contributed by atoms with Crippen molar-refractivity contribution in [1.82, 2.24) is 4.72 Å². The molecule has 0 saturated carbocycles. The summed E-state index contributed by atoms with van der Waals surface area (Å²) in [6.07, 6.45) is 1.36. The molecule has 0 aliphatic carbocycles. The van der Waals surface area contributed by atoms with E-state index in [1.165, 1.54) is 19.2 Å². The summed E-state index contributed by atoms with van der Waals surface area (Å²) in [5.41, 5.74) is 5.45. The van der Waals surface area contributed by atoms with Crippen molar-refractivity contribution in [1.29, 1.82) is 0 Å². The number of nitrogens with two attached hydrogens (primary N) is 1. The van der Waals surface area contributed by atoms with Gasteiger partial charge in [-0.25, -0.2) is 13.1 Å². The molecule has 7 heteroatoms. The molecule has 6 nitrogen and oxygen atoms in total. The quantitative estimate of drug-likeness (QED) is 0.628. The van der Waals surface area contributed by atoms with Gasteiger partial charge >= 0.3 is 0 Å². The first kappa shape index (κ1) is 17.7. The Hall–Kier alpha value is -1.31. The van der Waals surface area contributed by atoms with E-state index >= 15 is 0 Å². The first-order valence-electron chi connectivity index (χ1n) is 6.88. The average Bonchev–Trinajstić information content (AvgIpc) is 2.48. The smallest absolute Gasteiger partial charge is 0.242 e. The molecule has 0 radical (unpaired) electrons. The number of nitrogen functional groups attached to an aromatic ring is 1. The van der Waals surface area contributed by atoms with E-state index in [0.717, 1.165) is 0 Å². The second-order valence-electron chi connectivity index (χ2n) is 5.09. The van der Waals surface area contributed by atoms with Gasteiger partial charge in [-0.05, 0) is 25.0 Å². The zero-order chi connectivity index (χ0) is 16.1. The molecule has 0 bridgehead atoms. The van der Waals surface area contributed by atoms with E-state index in [2.05, 4.69) is 4.72 Å². The van der Waals surface area contributed by atoms with Gasteiger partial charge in [0, 0.05) is 24.6 Å². The fourth-order valence-corrected chi connectivity index (χ4v) is 3.27. The Morgan fingerprint density at radius 1 is 1.33 bits per heavy atom. The van der Waals surface area contributed by atoms with Crippen LogP contribution >= 0.6 is 0 Å². The van der Waals surface area contributed by atoms with Gasteiger partial charge in [-0.3, -0.25) is 0 Å². The average molecular weight is 316 g/mol. The standard InChI is InChI=1S/C14H24N2O4S/c1-4-14(5-2,10-17)9-16-21(18,19)13-7-6-11(20-3)8-12(13)15/h6-8,16-17H,4-5,9-10,15H2,1-3H3. The monoisotopic (exact) mass is 316 g/mol. The fourth-order valence-electron chi connectivity index (χ4n) is 2.00. The predicted octanol–water partition coefficient (Wildman–Crippen LogP) is 1.35. The van der Waals surface area contributed by atoms with Crippen LogP contribution in [0.4, 0.5) is 5.69 Å². The minimum atomic E-state index is -3.72. The van der Waals surface area contributed by atoms with Crippen LogP contribution in [0, 0.1) is 5.41 Å². The molecule has 0 spiro atoms. The maximum absolute atomic E-state index is 12.3. The first-order chi connectivity index (χ1) is 9.84. The van der Waals surface area contributed by atoms with Gasteiger partial charge in [0.25, 0.3) is 0 Å². The summed E-state index contributed by atoms with van der Waals surface area (Å²) in [5.74, 6) is 0.498. The lowest BCUT2D eigenvalue weighted by Crippen LogP contribution is -2.39. The lowest BCUT2D eigenvalue weighted by molar-refractivity contribution is 0.119. The van der Waals surface area contributed by atoms with Crippen molar-refractivity contribution in [3.63, 3.8) is 0 Å². The Kier molecular flexibility index (Phi) is 6.00. The highest BCUT2D eigenvalue weighted by atomic mass is 32.2. The van der Waals surface area contributed by atoms with Gasteiger partial charge in [0.05, 0.1) is 12.8 Å². The van der Waals surface area contributed by atoms with Crippen molar-refractivity contribution in [3.05, 3.63) is 18.2 Å². The van der Waals surface area contributed by atoms with E-state index in [9.17, 15) is 13.5 Å². The molecule has 1 aromatic carbocycles. The molecule has 0 fully saturated rings. The molecule has 1 aromatic rings. The van der Waals surface area contributed by atoms with E-state index in [1.54, 1.807) is 6.07 Å². The lowest BCUT2D eigenvalue weighted by Gasteiger charge is -2.29. The number of hydrogen-bond acceptors (Lipinski definition) is 5. The summed E-state index contributed by atoms with van der Waals surface area (Å²) in [6.45, 7) is 3.95. The lowest BCUT2D eigenvalue weighted by atomic mass is 9.84. The minimum Gasteiger partial charge on any atom is -0.497 e. The molecule has 0 aromatic heterocycles. The highest BCUT2D eigenvalue weighted by Crippen LogP contribution is 2.27. The zero-order valence-electron chi connectivity index (χ0n) is 12.7. The summed E-state index contributed by atoms with van der Waals surface area (Å²) in [4.78, 5) is 0.0161. The molecular formula is C14H24N2O4S. The van der Waals surface area contributed by atoms with E-state index in [-0.39, 0.29) is 23.7 Å². The van der Waals surface area contributed by atoms with Crippen LogP contribution in [0.2, 0.25) is 0 Å².